The molecule has 0 aliphatic carbocycles. The smallest absolute Gasteiger partial charge is 0.0456 e. The van der Waals surface area contributed by atoms with Gasteiger partial charge in [-0.2, -0.15) is 0 Å². The second kappa shape index (κ2) is 4.67. The summed E-state index contributed by atoms with van der Waals surface area (Å²) in [6, 6.07) is 8.31. The number of nitrogens with one attached hydrogen (secondary N) is 1. The maximum Gasteiger partial charge on any atom is 0.0456 e. The first-order chi connectivity index (χ1) is 6.29. The van der Waals surface area contributed by atoms with Gasteiger partial charge in [-0.1, -0.05) is 18.2 Å². The maximum atomic E-state index is 4.25. The van der Waals surface area contributed by atoms with Crippen molar-refractivity contribution in [3.63, 3.8) is 0 Å². The zero-order valence-electron chi connectivity index (χ0n) is 8.29. The largest absolute Gasteiger partial charge is 0.388 e. The van der Waals surface area contributed by atoms with E-state index in [1.807, 2.05) is 12.3 Å². The minimum atomic E-state index is 1.22. The quantitative estimate of drug-likeness (QED) is 0.657. The van der Waals surface area contributed by atoms with Gasteiger partial charge >= 0.3 is 0 Å². The Balaban J connectivity index is 0.000000251. The summed E-state index contributed by atoms with van der Waals surface area (Å²) < 4.78 is 4.25. The number of H-pyrrole nitrogens is 1. The fourth-order valence-corrected chi connectivity index (χ4v) is 1.22. The zero-order valence-corrected chi connectivity index (χ0v) is 8.29. The molecule has 0 spiro atoms. The Labute approximate surface area is 78.5 Å². The van der Waals surface area contributed by atoms with Gasteiger partial charge in [0, 0.05) is 31.3 Å². The molecule has 2 rings (SSSR count). The third kappa shape index (κ3) is 2.33. The van der Waals surface area contributed by atoms with E-state index < -0.39 is 0 Å². The SMILES string of the molecule is COC.Cc1c[nH]c2ccccc12. The number of rotatable bonds is 0. The molecular weight excluding hydrogens is 162 g/mol. The summed E-state index contributed by atoms with van der Waals surface area (Å²) in [6.45, 7) is 2.11. The monoisotopic (exact) mass is 177 g/mol. The van der Waals surface area contributed by atoms with E-state index in [4.69, 9.17) is 0 Å². The lowest BCUT2D eigenvalue weighted by atomic mass is 10.2. The van der Waals surface area contributed by atoms with Crippen molar-refractivity contribution in [2.75, 3.05) is 14.2 Å². The van der Waals surface area contributed by atoms with E-state index in [1.165, 1.54) is 16.5 Å². The van der Waals surface area contributed by atoms with Crippen LogP contribution in [0.1, 0.15) is 5.56 Å². The van der Waals surface area contributed by atoms with Gasteiger partial charge in [-0.15, -0.1) is 0 Å². The summed E-state index contributed by atoms with van der Waals surface area (Å²) in [4.78, 5) is 3.19. The molecule has 2 nitrogen and oxygen atoms in total. The lowest BCUT2D eigenvalue weighted by molar-refractivity contribution is 0.277. The number of hydrogen-bond donors (Lipinski definition) is 1. The second-order valence-corrected chi connectivity index (χ2v) is 2.93. The minimum Gasteiger partial charge on any atom is -0.388 e. The van der Waals surface area contributed by atoms with E-state index in [0.717, 1.165) is 0 Å². The van der Waals surface area contributed by atoms with E-state index in [2.05, 4.69) is 34.8 Å². The Hall–Kier alpha value is -1.28. The summed E-state index contributed by atoms with van der Waals surface area (Å²) in [7, 11) is 3.25. The molecule has 0 fully saturated rings. The molecule has 0 saturated carbocycles. The molecule has 0 bridgehead atoms. The van der Waals surface area contributed by atoms with E-state index in [9.17, 15) is 0 Å². The number of ether oxygens (including phenoxy) is 1. The van der Waals surface area contributed by atoms with Gasteiger partial charge in [-0.05, 0) is 18.6 Å². The molecular formula is C11H15NO. The molecule has 0 atom stereocenters. The van der Waals surface area contributed by atoms with Crippen molar-refractivity contribution in [3.8, 4) is 0 Å². The number of para-hydroxylation sites is 1. The van der Waals surface area contributed by atoms with Crippen molar-refractivity contribution in [3.05, 3.63) is 36.0 Å². The number of aromatic nitrogens is 1. The van der Waals surface area contributed by atoms with Crippen molar-refractivity contribution in [1.29, 1.82) is 0 Å². The molecule has 1 aromatic carbocycles. The lowest BCUT2D eigenvalue weighted by Crippen LogP contribution is -1.64. The van der Waals surface area contributed by atoms with Crippen LogP contribution in [0.15, 0.2) is 30.5 Å². The summed E-state index contributed by atoms with van der Waals surface area (Å²) in [5, 5.41) is 1.32. The topological polar surface area (TPSA) is 25.0 Å². The van der Waals surface area contributed by atoms with Gasteiger partial charge in [0.05, 0.1) is 0 Å². The predicted molar refractivity (Wildman–Crippen MR) is 56.0 cm³/mol. The summed E-state index contributed by atoms with van der Waals surface area (Å²) in [5.41, 5.74) is 2.54. The first-order valence-corrected chi connectivity index (χ1v) is 4.22. The average molecular weight is 177 g/mol. The highest BCUT2D eigenvalue weighted by Crippen LogP contribution is 2.15. The van der Waals surface area contributed by atoms with Crippen LogP contribution in [-0.2, 0) is 4.74 Å². The summed E-state index contributed by atoms with van der Waals surface area (Å²) in [6.07, 6.45) is 2.03. The molecule has 0 aliphatic rings. The van der Waals surface area contributed by atoms with Crippen LogP contribution in [0.3, 0.4) is 0 Å². The van der Waals surface area contributed by atoms with E-state index in [0.29, 0.717) is 0 Å². The molecule has 1 N–H and O–H groups in total. The number of fused-ring (bicyclic) bond motifs is 1. The summed E-state index contributed by atoms with van der Waals surface area (Å²) in [5.74, 6) is 0. The van der Waals surface area contributed by atoms with Crippen LogP contribution >= 0.6 is 0 Å². The third-order valence-electron chi connectivity index (χ3n) is 1.80. The van der Waals surface area contributed by atoms with Crippen molar-refractivity contribution >= 4 is 10.9 Å². The van der Waals surface area contributed by atoms with Crippen LogP contribution in [0.25, 0.3) is 10.9 Å². The number of aryl methyl sites for hydroxylation is 1. The number of benzene rings is 1. The second-order valence-electron chi connectivity index (χ2n) is 2.93. The van der Waals surface area contributed by atoms with Gasteiger partial charge in [-0.25, -0.2) is 0 Å². The van der Waals surface area contributed by atoms with Gasteiger partial charge < -0.3 is 9.72 Å². The Kier molecular flexibility index (Phi) is 3.53. The first kappa shape index (κ1) is 9.81. The fraction of sp³-hybridized carbons (Fsp3) is 0.273. The molecule has 0 amide bonds. The third-order valence-corrected chi connectivity index (χ3v) is 1.80. The number of methoxy groups -OCH3 is 1. The van der Waals surface area contributed by atoms with Crippen molar-refractivity contribution in [1.82, 2.24) is 4.98 Å². The first-order valence-electron chi connectivity index (χ1n) is 4.22. The van der Waals surface area contributed by atoms with Crippen molar-refractivity contribution < 1.29 is 4.74 Å². The molecule has 0 radical (unpaired) electrons. The molecule has 0 aliphatic heterocycles. The standard InChI is InChI=1S/C9H9N.C2H6O/c1-7-6-10-9-5-3-2-4-8(7)9;1-3-2/h2-6,10H,1H3;1-2H3. The molecule has 13 heavy (non-hydrogen) atoms. The van der Waals surface area contributed by atoms with Gasteiger partial charge in [0.15, 0.2) is 0 Å². The molecule has 70 valence electrons. The molecule has 0 unspecified atom stereocenters. The molecule has 2 aromatic rings. The Morgan fingerprint density at radius 3 is 2.38 bits per heavy atom. The Bertz CT molecular complexity index is 365. The predicted octanol–water partition coefficient (Wildman–Crippen LogP) is 2.74. The number of hydrogen-bond acceptors (Lipinski definition) is 1. The van der Waals surface area contributed by atoms with Crippen molar-refractivity contribution in [2.45, 2.75) is 6.92 Å². The van der Waals surface area contributed by atoms with Crippen LogP contribution in [0, 0.1) is 6.92 Å². The Morgan fingerprint density at radius 1 is 1.15 bits per heavy atom. The lowest BCUT2D eigenvalue weighted by Gasteiger charge is -1.86. The van der Waals surface area contributed by atoms with Crippen LogP contribution in [0.2, 0.25) is 0 Å². The van der Waals surface area contributed by atoms with E-state index in [-0.39, 0.29) is 0 Å². The Morgan fingerprint density at radius 2 is 1.77 bits per heavy atom. The highest BCUT2D eigenvalue weighted by molar-refractivity contribution is 5.82. The average Bonchev–Trinajstić information content (AvgIpc) is 2.50. The molecule has 2 heteroatoms. The van der Waals surface area contributed by atoms with E-state index >= 15 is 0 Å². The minimum absolute atomic E-state index is 1.22. The van der Waals surface area contributed by atoms with Crippen LogP contribution < -0.4 is 0 Å². The van der Waals surface area contributed by atoms with Crippen LogP contribution in [-0.4, -0.2) is 19.2 Å². The maximum absolute atomic E-state index is 4.25. The van der Waals surface area contributed by atoms with Gasteiger partial charge in [0.1, 0.15) is 0 Å². The van der Waals surface area contributed by atoms with Crippen LogP contribution in [0.4, 0.5) is 0 Å². The van der Waals surface area contributed by atoms with Crippen molar-refractivity contribution in [2.24, 2.45) is 0 Å². The normalized spacial score (nSPS) is 9.46. The molecule has 1 aromatic heterocycles. The number of aromatic amines is 1. The highest BCUT2D eigenvalue weighted by Gasteiger charge is 1.94. The van der Waals surface area contributed by atoms with Crippen LogP contribution in [0.5, 0.6) is 0 Å². The van der Waals surface area contributed by atoms with Gasteiger partial charge in [0.2, 0.25) is 0 Å². The van der Waals surface area contributed by atoms with E-state index in [1.54, 1.807) is 14.2 Å². The zero-order chi connectivity index (χ0) is 9.68. The fourth-order valence-electron chi connectivity index (χ4n) is 1.22. The van der Waals surface area contributed by atoms with Gasteiger partial charge in [-0.3, -0.25) is 0 Å². The molecule has 1 heterocycles. The highest BCUT2D eigenvalue weighted by atomic mass is 16.4. The summed E-state index contributed by atoms with van der Waals surface area (Å²) >= 11 is 0. The van der Waals surface area contributed by atoms with Gasteiger partial charge in [0.25, 0.3) is 0 Å². The molecule has 0 saturated heterocycles.